The summed E-state index contributed by atoms with van der Waals surface area (Å²) in [5.74, 6) is -0.507. The first-order valence-corrected chi connectivity index (χ1v) is 26.2. The number of carbonyl (C=O) groups is 1. The molecule has 0 aromatic rings. The molecule has 13 heteroatoms. The summed E-state index contributed by atoms with van der Waals surface area (Å²) in [5, 5.41) is 50.3. The minimum Gasteiger partial charge on any atom is -0.457 e. The van der Waals surface area contributed by atoms with Crippen molar-refractivity contribution in [2.75, 3.05) is 19.8 Å². The highest BCUT2D eigenvalue weighted by molar-refractivity contribution is 7.47. The van der Waals surface area contributed by atoms with Gasteiger partial charge in [-0.05, 0) is 96.3 Å². The Kier molecular flexibility index (Phi) is 38.9. The van der Waals surface area contributed by atoms with E-state index >= 15 is 0 Å². The first-order chi connectivity index (χ1) is 32.0. The minimum absolute atomic E-state index is 0.105. The maximum absolute atomic E-state index is 12.8. The number of unbranched alkanes of at least 4 members (excludes halogenated alkanes) is 10. The number of aliphatic hydroxyl groups excluding tert-OH is 5. The van der Waals surface area contributed by atoms with Crippen LogP contribution in [0.15, 0.2) is 109 Å². The number of hydrogen-bond donors (Lipinski definition) is 6. The van der Waals surface area contributed by atoms with Crippen molar-refractivity contribution in [3.63, 3.8) is 0 Å². The molecule has 1 aliphatic carbocycles. The molecule has 0 spiro atoms. The molecule has 6 atom stereocenters. The Labute approximate surface area is 397 Å². The maximum Gasteiger partial charge on any atom is 0.472 e. The zero-order valence-electron chi connectivity index (χ0n) is 40.2. The number of allylic oxidation sites excluding steroid dienone is 18. The van der Waals surface area contributed by atoms with Gasteiger partial charge in [-0.3, -0.25) is 13.8 Å². The number of ether oxygens (including phenoxy) is 2. The van der Waals surface area contributed by atoms with E-state index < -0.39 is 63.1 Å². The summed E-state index contributed by atoms with van der Waals surface area (Å²) < 4.78 is 34.2. The fraction of sp³-hybridized carbons (Fsp3) is 0.642. The van der Waals surface area contributed by atoms with Crippen molar-refractivity contribution in [2.24, 2.45) is 0 Å². The summed E-state index contributed by atoms with van der Waals surface area (Å²) in [6, 6.07) is 0. The molecule has 0 aromatic heterocycles. The van der Waals surface area contributed by atoms with Crippen LogP contribution in [0.4, 0.5) is 0 Å². The van der Waals surface area contributed by atoms with E-state index in [2.05, 4.69) is 123 Å². The van der Waals surface area contributed by atoms with Crippen molar-refractivity contribution < 1.29 is 58.3 Å². The van der Waals surface area contributed by atoms with Crippen molar-refractivity contribution >= 4 is 13.8 Å². The SMILES string of the molecule is CC/C=C\C/C=C\C/C=C\C/C=C\C/C=C\C/C=C\CCCCCCCOCC(COP(=O)(O)OC1C(O)C(O)C(O)C(O)C1O)OC(=O)CCCCCCC/C=C\C/C=C\C/C=C\CC. The Balaban J connectivity index is 2.39. The van der Waals surface area contributed by atoms with Crippen LogP contribution in [0.1, 0.15) is 155 Å². The maximum atomic E-state index is 12.8. The third kappa shape index (κ3) is 33.5. The second-order valence-corrected chi connectivity index (χ2v) is 18.0. The molecule has 0 amide bonds. The average Bonchev–Trinajstić information content (AvgIpc) is 3.30. The van der Waals surface area contributed by atoms with Gasteiger partial charge in [-0.1, -0.05) is 162 Å². The van der Waals surface area contributed by atoms with Crippen LogP contribution in [0.5, 0.6) is 0 Å². The summed E-state index contributed by atoms with van der Waals surface area (Å²) >= 11 is 0. The normalized spacial score (nSPS) is 22.4. The molecule has 0 bridgehead atoms. The number of hydrogen-bond acceptors (Lipinski definition) is 11. The van der Waals surface area contributed by atoms with Gasteiger partial charge in [0.15, 0.2) is 0 Å². The van der Waals surface area contributed by atoms with Crippen molar-refractivity contribution in [1.82, 2.24) is 0 Å². The zero-order chi connectivity index (χ0) is 48.4. The van der Waals surface area contributed by atoms with Crippen LogP contribution >= 0.6 is 7.82 Å². The van der Waals surface area contributed by atoms with Gasteiger partial charge >= 0.3 is 13.8 Å². The van der Waals surface area contributed by atoms with E-state index in [-0.39, 0.29) is 13.0 Å². The van der Waals surface area contributed by atoms with Crippen molar-refractivity contribution in [1.29, 1.82) is 0 Å². The van der Waals surface area contributed by atoms with Gasteiger partial charge < -0.3 is 39.9 Å². The molecule has 0 aromatic carbocycles. The third-order valence-electron chi connectivity index (χ3n) is 10.6. The predicted octanol–water partition coefficient (Wildman–Crippen LogP) is 10.9. The fourth-order valence-corrected chi connectivity index (χ4v) is 7.76. The molecule has 376 valence electrons. The number of carbonyl (C=O) groups excluding carboxylic acids is 1. The van der Waals surface area contributed by atoms with Crippen molar-refractivity contribution in [2.45, 2.75) is 198 Å². The molecule has 1 aliphatic rings. The van der Waals surface area contributed by atoms with E-state index in [9.17, 15) is 39.8 Å². The third-order valence-corrected chi connectivity index (χ3v) is 11.6. The lowest BCUT2D eigenvalue weighted by molar-refractivity contribution is -0.220. The zero-order valence-corrected chi connectivity index (χ0v) is 41.1. The number of esters is 1. The summed E-state index contributed by atoms with van der Waals surface area (Å²) in [6.07, 6.45) is 47.2. The van der Waals surface area contributed by atoms with E-state index in [1.807, 2.05) is 0 Å². The molecule has 1 rings (SSSR count). The lowest BCUT2D eigenvalue weighted by Gasteiger charge is -2.41. The van der Waals surface area contributed by atoms with E-state index in [1.165, 1.54) is 0 Å². The van der Waals surface area contributed by atoms with Gasteiger partial charge in [-0.15, -0.1) is 0 Å². The molecule has 12 nitrogen and oxygen atoms in total. The second-order valence-electron chi connectivity index (χ2n) is 16.5. The molecule has 0 aliphatic heterocycles. The molecule has 1 fully saturated rings. The van der Waals surface area contributed by atoms with Gasteiger partial charge in [0, 0.05) is 13.0 Å². The van der Waals surface area contributed by atoms with Crippen LogP contribution < -0.4 is 0 Å². The molecule has 0 heterocycles. The molecule has 1 saturated carbocycles. The average molecular weight is 947 g/mol. The Morgan fingerprint density at radius 3 is 1.29 bits per heavy atom. The number of rotatable bonds is 40. The number of phosphoric ester groups is 1. The molecule has 0 saturated heterocycles. The summed E-state index contributed by atoms with van der Waals surface area (Å²) in [7, 11) is -5.04. The van der Waals surface area contributed by atoms with E-state index in [1.54, 1.807) is 0 Å². The topological polar surface area (TPSA) is 192 Å². The minimum atomic E-state index is -5.04. The van der Waals surface area contributed by atoms with Crippen molar-refractivity contribution in [3.8, 4) is 0 Å². The quantitative estimate of drug-likeness (QED) is 0.0148. The van der Waals surface area contributed by atoms with E-state index in [0.717, 1.165) is 128 Å². The highest BCUT2D eigenvalue weighted by Gasteiger charge is 2.51. The van der Waals surface area contributed by atoms with Crippen LogP contribution in [0.2, 0.25) is 0 Å². The van der Waals surface area contributed by atoms with E-state index in [4.69, 9.17) is 18.5 Å². The highest BCUT2D eigenvalue weighted by atomic mass is 31.2. The Morgan fingerprint density at radius 2 is 0.848 bits per heavy atom. The van der Waals surface area contributed by atoms with Crippen LogP contribution in [0.25, 0.3) is 0 Å². The fourth-order valence-electron chi connectivity index (χ4n) is 6.78. The first kappa shape index (κ1) is 61.0. The standard InChI is InChI=1S/C53H87O12P/c1-3-5-7-9-11-13-15-17-19-20-21-22-23-24-25-26-27-29-31-33-35-37-39-41-43-62-44-46(45-63-66(60,61)65-53-51(58)49(56)48(55)50(57)52(53)59)64-47(54)42-40-38-36-34-32-30-28-18-16-14-12-10-8-6-4-2/h5-8,11-14,17-19,21-22,24-25,27-29,46,48-53,55-59H,3-4,9-10,15-16,20,23,26,30-45H2,1-2H3,(H,60,61)/b7-5-,8-6-,13-11-,14-12-,19-17-,22-21-,25-24-,28-18-,29-27-. The van der Waals surface area contributed by atoms with Gasteiger partial charge in [0.05, 0.1) is 13.2 Å². The summed E-state index contributed by atoms with van der Waals surface area (Å²) in [4.78, 5) is 23.2. The van der Waals surface area contributed by atoms with Crippen LogP contribution in [-0.2, 0) is 27.9 Å². The van der Waals surface area contributed by atoms with Gasteiger partial charge in [0.25, 0.3) is 0 Å². The van der Waals surface area contributed by atoms with Crippen LogP contribution in [0, 0.1) is 0 Å². The molecule has 66 heavy (non-hydrogen) atoms. The molecule has 6 unspecified atom stereocenters. The molecule has 0 radical (unpaired) electrons. The van der Waals surface area contributed by atoms with Crippen molar-refractivity contribution in [3.05, 3.63) is 109 Å². The highest BCUT2D eigenvalue weighted by Crippen LogP contribution is 2.47. The number of aliphatic hydroxyl groups is 5. The Hall–Kier alpha value is -3.00. The van der Waals surface area contributed by atoms with Crippen LogP contribution in [0.3, 0.4) is 0 Å². The lowest BCUT2D eigenvalue weighted by atomic mass is 9.85. The predicted molar refractivity (Wildman–Crippen MR) is 267 cm³/mol. The van der Waals surface area contributed by atoms with Gasteiger partial charge in [0.1, 0.15) is 42.7 Å². The van der Waals surface area contributed by atoms with Gasteiger partial charge in [0.2, 0.25) is 0 Å². The first-order valence-electron chi connectivity index (χ1n) is 24.7. The lowest BCUT2D eigenvalue weighted by Crippen LogP contribution is -2.64. The monoisotopic (exact) mass is 947 g/mol. The smallest absolute Gasteiger partial charge is 0.457 e. The number of phosphoric acid groups is 1. The van der Waals surface area contributed by atoms with Gasteiger partial charge in [-0.25, -0.2) is 4.57 Å². The Morgan fingerprint density at radius 1 is 0.485 bits per heavy atom. The largest absolute Gasteiger partial charge is 0.472 e. The summed E-state index contributed by atoms with van der Waals surface area (Å²) in [6.45, 7) is 3.95. The van der Waals surface area contributed by atoms with E-state index in [0.29, 0.717) is 13.0 Å². The molecule has 6 N–H and O–H groups in total. The Bertz CT molecular complexity index is 1500. The van der Waals surface area contributed by atoms with Gasteiger partial charge in [-0.2, -0.15) is 0 Å². The molecular weight excluding hydrogens is 860 g/mol. The van der Waals surface area contributed by atoms with Crippen LogP contribution in [-0.4, -0.2) is 98.9 Å². The second kappa shape index (κ2) is 42.1. The summed E-state index contributed by atoms with van der Waals surface area (Å²) in [5.41, 5.74) is 0. The molecular formula is C53H87O12P.